The van der Waals surface area contributed by atoms with Crippen LogP contribution in [0.15, 0.2) is 24.3 Å². The van der Waals surface area contributed by atoms with Crippen molar-refractivity contribution in [1.29, 1.82) is 0 Å². The summed E-state index contributed by atoms with van der Waals surface area (Å²) in [6, 6.07) is 6.97. The normalized spacial score (nSPS) is 9.76. The van der Waals surface area contributed by atoms with Gasteiger partial charge in [-0.25, -0.2) is 9.67 Å². The Morgan fingerprint density at radius 3 is 2.59 bits per heavy atom. The SMILES string of the molecule is Cc1nc(C(=O)[O-])nn1-c1ccccc1Cl.[Li+]. The minimum Gasteiger partial charge on any atom is -0.541 e. The molecule has 0 saturated heterocycles. The molecule has 7 heteroatoms. The average molecular weight is 244 g/mol. The second-order valence-corrected chi connectivity index (χ2v) is 3.54. The van der Waals surface area contributed by atoms with Crippen molar-refractivity contribution in [3.8, 4) is 5.69 Å². The number of rotatable bonds is 2. The van der Waals surface area contributed by atoms with Crippen LogP contribution in [0.25, 0.3) is 5.69 Å². The molecular formula is C10H7ClLiN3O2. The third-order valence-electron chi connectivity index (χ3n) is 2.03. The second kappa shape index (κ2) is 5.37. The summed E-state index contributed by atoms with van der Waals surface area (Å²) in [6.45, 7) is 1.64. The van der Waals surface area contributed by atoms with Crippen molar-refractivity contribution in [2.24, 2.45) is 0 Å². The Balaban J connectivity index is 0.00000144. The van der Waals surface area contributed by atoms with Gasteiger partial charge in [-0.15, -0.1) is 5.10 Å². The number of hydrogen-bond acceptors (Lipinski definition) is 4. The Bertz CT molecular complexity index is 556. The molecule has 2 rings (SSSR count). The first-order valence-corrected chi connectivity index (χ1v) is 4.87. The van der Waals surface area contributed by atoms with Gasteiger partial charge in [-0.05, 0) is 19.1 Å². The Morgan fingerprint density at radius 1 is 1.41 bits per heavy atom. The van der Waals surface area contributed by atoms with E-state index in [0.717, 1.165) is 0 Å². The molecule has 0 radical (unpaired) electrons. The number of carbonyl (C=O) groups is 1. The molecule has 1 aromatic carbocycles. The number of aromatic carboxylic acids is 1. The van der Waals surface area contributed by atoms with Crippen LogP contribution >= 0.6 is 11.6 Å². The monoisotopic (exact) mass is 243 g/mol. The van der Waals surface area contributed by atoms with Crippen LogP contribution in [0.4, 0.5) is 0 Å². The van der Waals surface area contributed by atoms with Gasteiger partial charge in [0.25, 0.3) is 0 Å². The molecule has 0 aliphatic heterocycles. The van der Waals surface area contributed by atoms with Crippen molar-refractivity contribution >= 4 is 17.6 Å². The summed E-state index contributed by atoms with van der Waals surface area (Å²) in [7, 11) is 0. The topological polar surface area (TPSA) is 70.8 Å². The smallest absolute Gasteiger partial charge is 0.541 e. The number of carboxylic acid groups (broad SMARTS) is 1. The first-order valence-electron chi connectivity index (χ1n) is 4.49. The van der Waals surface area contributed by atoms with Gasteiger partial charge in [0.2, 0.25) is 0 Å². The van der Waals surface area contributed by atoms with E-state index in [1.165, 1.54) is 4.68 Å². The summed E-state index contributed by atoms with van der Waals surface area (Å²) in [5.74, 6) is -1.32. The van der Waals surface area contributed by atoms with Crippen LogP contribution in [0.1, 0.15) is 16.4 Å². The molecule has 0 aliphatic carbocycles. The van der Waals surface area contributed by atoms with E-state index in [0.29, 0.717) is 16.5 Å². The summed E-state index contributed by atoms with van der Waals surface area (Å²) >= 11 is 5.97. The predicted octanol–water partition coefficient (Wildman–Crippen LogP) is -2.40. The van der Waals surface area contributed by atoms with Crippen molar-refractivity contribution < 1.29 is 28.8 Å². The van der Waals surface area contributed by atoms with Crippen molar-refractivity contribution in [2.75, 3.05) is 0 Å². The van der Waals surface area contributed by atoms with Crippen molar-refractivity contribution in [2.45, 2.75) is 6.92 Å². The van der Waals surface area contributed by atoms with Crippen molar-refractivity contribution in [3.05, 3.63) is 40.9 Å². The summed E-state index contributed by atoms with van der Waals surface area (Å²) in [5, 5.41) is 14.9. The van der Waals surface area contributed by atoms with Gasteiger partial charge in [0.15, 0.2) is 5.82 Å². The molecule has 1 aromatic heterocycles. The Hall–Kier alpha value is -1.28. The Morgan fingerprint density at radius 2 is 2.06 bits per heavy atom. The van der Waals surface area contributed by atoms with Crippen LogP contribution < -0.4 is 24.0 Å². The molecule has 0 saturated carbocycles. The molecule has 0 N–H and O–H groups in total. The van der Waals surface area contributed by atoms with Crippen molar-refractivity contribution in [3.63, 3.8) is 0 Å². The molecule has 17 heavy (non-hydrogen) atoms. The van der Waals surface area contributed by atoms with Gasteiger partial charge < -0.3 is 9.90 Å². The quantitative estimate of drug-likeness (QED) is 0.551. The molecule has 0 spiro atoms. The van der Waals surface area contributed by atoms with Gasteiger partial charge in [0.05, 0.1) is 10.7 Å². The van der Waals surface area contributed by atoms with E-state index >= 15 is 0 Å². The second-order valence-electron chi connectivity index (χ2n) is 3.13. The molecule has 0 amide bonds. The van der Waals surface area contributed by atoms with Crippen LogP contribution in [-0.4, -0.2) is 20.7 Å². The zero-order chi connectivity index (χ0) is 11.7. The first-order chi connectivity index (χ1) is 7.59. The maximum atomic E-state index is 10.6. The fourth-order valence-electron chi connectivity index (χ4n) is 1.33. The van der Waals surface area contributed by atoms with E-state index in [9.17, 15) is 9.90 Å². The van der Waals surface area contributed by atoms with E-state index in [4.69, 9.17) is 11.6 Å². The average Bonchev–Trinajstić information content (AvgIpc) is 2.61. The van der Waals surface area contributed by atoms with Gasteiger partial charge in [-0.3, -0.25) is 0 Å². The maximum Gasteiger partial charge on any atom is 1.00 e. The van der Waals surface area contributed by atoms with E-state index in [2.05, 4.69) is 10.1 Å². The number of halogens is 1. The number of aromatic nitrogens is 3. The summed E-state index contributed by atoms with van der Waals surface area (Å²) < 4.78 is 1.37. The number of nitrogens with zero attached hydrogens (tertiary/aromatic N) is 3. The van der Waals surface area contributed by atoms with Gasteiger partial charge in [-0.1, -0.05) is 23.7 Å². The van der Waals surface area contributed by atoms with Crippen molar-refractivity contribution in [1.82, 2.24) is 14.8 Å². The third kappa shape index (κ3) is 2.70. The zero-order valence-corrected chi connectivity index (χ0v) is 10.1. The maximum absolute atomic E-state index is 10.6. The summed E-state index contributed by atoms with van der Waals surface area (Å²) in [5.41, 5.74) is 0.585. The van der Waals surface area contributed by atoms with Gasteiger partial charge >= 0.3 is 18.9 Å². The summed E-state index contributed by atoms with van der Waals surface area (Å²) in [4.78, 5) is 14.4. The molecule has 0 unspecified atom stereocenters. The standard InChI is InChI=1S/C10H8ClN3O2.Li/c1-6-12-9(10(15)16)13-14(6)8-5-3-2-4-7(8)11;/h2-5H,1H3,(H,15,16);/q;+1/p-1. The van der Waals surface area contributed by atoms with E-state index in [1.54, 1.807) is 31.2 Å². The molecule has 82 valence electrons. The molecule has 0 aliphatic rings. The minimum atomic E-state index is -1.41. The fourth-order valence-corrected chi connectivity index (χ4v) is 1.54. The largest absolute Gasteiger partial charge is 1.00 e. The first kappa shape index (κ1) is 13.8. The van der Waals surface area contributed by atoms with Crippen LogP contribution in [0.2, 0.25) is 5.02 Å². The minimum absolute atomic E-state index is 0. The molecule has 0 atom stereocenters. The zero-order valence-electron chi connectivity index (χ0n) is 9.35. The number of carboxylic acids is 1. The van der Waals surface area contributed by atoms with Gasteiger partial charge in [0.1, 0.15) is 11.8 Å². The van der Waals surface area contributed by atoms with E-state index in [1.807, 2.05) is 0 Å². The number of para-hydroxylation sites is 1. The molecule has 0 bridgehead atoms. The van der Waals surface area contributed by atoms with E-state index in [-0.39, 0.29) is 24.7 Å². The molecule has 2 aromatic rings. The van der Waals surface area contributed by atoms with Crippen LogP contribution in [-0.2, 0) is 0 Å². The van der Waals surface area contributed by atoms with Gasteiger partial charge in [-0.2, -0.15) is 0 Å². The Kier molecular flexibility index (Phi) is 4.35. The number of aryl methyl sites for hydroxylation is 1. The fraction of sp³-hybridized carbons (Fsp3) is 0.100. The third-order valence-corrected chi connectivity index (χ3v) is 2.35. The summed E-state index contributed by atoms with van der Waals surface area (Å²) in [6.07, 6.45) is 0. The molecule has 0 fully saturated rings. The molecular weight excluding hydrogens is 237 g/mol. The van der Waals surface area contributed by atoms with Crippen LogP contribution in [0.3, 0.4) is 0 Å². The van der Waals surface area contributed by atoms with Crippen LogP contribution in [0, 0.1) is 6.92 Å². The predicted molar refractivity (Wildman–Crippen MR) is 55.4 cm³/mol. The Labute approximate surface area is 115 Å². The van der Waals surface area contributed by atoms with E-state index < -0.39 is 5.97 Å². The van der Waals surface area contributed by atoms with Gasteiger partial charge in [0, 0.05) is 0 Å². The molecule has 1 heterocycles. The number of hydrogen-bond donors (Lipinski definition) is 0. The number of benzene rings is 1. The number of carbonyl (C=O) groups excluding carboxylic acids is 1. The van der Waals surface area contributed by atoms with Crippen LogP contribution in [0.5, 0.6) is 0 Å². The molecule has 5 nitrogen and oxygen atoms in total.